The van der Waals surface area contributed by atoms with Crippen LogP contribution < -0.4 is 0 Å². The molecule has 0 radical (unpaired) electrons. The molecule has 0 spiro atoms. The maximum atomic E-state index is 12.4. The Bertz CT molecular complexity index is 459. The van der Waals surface area contributed by atoms with Gasteiger partial charge in [-0.2, -0.15) is 0 Å². The summed E-state index contributed by atoms with van der Waals surface area (Å²) in [4.78, 5) is 24.7. The van der Waals surface area contributed by atoms with E-state index in [4.69, 9.17) is 0 Å². The highest BCUT2D eigenvalue weighted by atomic mass is 16.2. The number of hydrogen-bond acceptors (Lipinski definition) is 2. The first-order valence-electron chi connectivity index (χ1n) is 6.33. The lowest BCUT2D eigenvalue weighted by Crippen LogP contribution is -2.35. The summed E-state index contributed by atoms with van der Waals surface area (Å²) >= 11 is 0. The van der Waals surface area contributed by atoms with Gasteiger partial charge < -0.3 is 4.90 Å². The minimum Gasteiger partial charge on any atom is -0.339 e. The van der Waals surface area contributed by atoms with Gasteiger partial charge in [-0.3, -0.25) is 9.59 Å². The number of carbonyl (C=O) groups is 2. The predicted molar refractivity (Wildman–Crippen MR) is 71.3 cm³/mol. The van der Waals surface area contributed by atoms with E-state index in [0.717, 1.165) is 37.8 Å². The Balaban J connectivity index is 2.23. The number of carbonyl (C=O) groups excluding carboxylic acids is 2. The summed E-state index contributed by atoms with van der Waals surface area (Å²) in [7, 11) is 0. The van der Waals surface area contributed by atoms with Crippen LogP contribution in [-0.4, -0.2) is 30.2 Å². The van der Waals surface area contributed by atoms with E-state index < -0.39 is 0 Å². The number of amides is 1. The summed E-state index contributed by atoms with van der Waals surface area (Å²) in [5.41, 5.74) is 1.48. The Morgan fingerprint density at radius 1 is 1.11 bits per heavy atom. The third kappa shape index (κ3) is 2.86. The molecule has 1 aliphatic rings. The number of aldehydes is 1. The third-order valence-electron chi connectivity index (χ3n) is 3.19. The first kappa shape index (κ1) is 12.6. The Labute approximate surface area is 107 Å². The molecule has 94 valence electrons. The van der Waals surface area contributed by atoms with Crippen LogP contribution in [0.4, 0.5) is 0 Å². The average Bonchev–Trinajstić information content (AvgIpc) is 2.45. The van der Waals surface area contributed by atoms with Gasteiger partial charge in [-0.05, 0) is 37.0 Å². The van der Waals surface area contributed by atoms with Gasteiger partial charge in [-0.1, -0.05) is 24.3 Å². The van der Waals surface area contributed by atoms with E-state index in [2.05, 4.69) is 0 Å². The van der Waals surface area contributed by atoms with Crippen molar-refractivity contribution in [1.82, 2.24) is 4.90 Å². The Morgan fingerprint density at radius 2 is 1.83 bits per heavy atom. The lowest BCUT2D eigenvalue weighted by Gasteiger charge is -2.27. The molecule has 3 heteroatoms. The molecule has 1 aliphatic heterocycles. The van der Waals surface area contributed by atoms with Crippen molar-refractivity contribution in [3.05, 3.63) is 41.5 Å². The SMILES string of the molecule is O=C/C=C/c1ccccc1C(=O)N1CCCCC1. The van der Waals surface area contributed by atoms with E-state index in [1.807, 2.05) is 29.2 Å². The average molecular weight is 243 g/mol. The zero-order valence-corrected chi connectivity index (χ0v) is 10.3. The van der Waals surface area contributed by atoms with Crippen LogP contribution in [0.5, 0.6) is 0 Å². The third-order valence-corrected chi connectivity index (χ3v) is 3.19. The molecule has 0 saturated carbocycles. The van der Waals surface area contributed by atoms with Crippen molar-refractivity contribution < 1.29 is 9.59 Å². The second kappa shape index (κ2) is 6.15. The zero-order valence-electron chi connectivity index (χ0n) is 10.3. The number of benzene rings is 1. The Hall–Kier alpha value is -1.90. The molecule has 1 heterocycles. The maximum absolute atomic E-state index is 12.4. The number of piperidine rings is 1. The molecule has 0 N–H and O–H groups in total. The molecule has 0 aromatic heterocycles. The van der Waals surface area contributed by atoms with Gasteiger partial charge in [-0.25, -0.2) is 0 Å². The highest BCUT2D eigenvalue weighted by Gasteiger charge is 2.19. The highest BCUT2D eigenvalue weighted by Crippen LogP contribution is 2.17. The van der Waals surface area contributed by atoms with Crippen LogP contribution >= 0.6 is 0 Å². The van der Waals surface area contributed by atoms with Crippen LogP contribution in [0.1, 0.15) is 35.2 Å². The Morgan fingerprint density at radius 3 is 2.56 bits per heavy atom. The molecule has 0 aliphatic carbocycles. The molecule has 0 atom stereocenters. The highest BCUT2D eigenvalue weighted by molar-refractivity contribution is 5.98. The quantitative estimate of drug-likeness (QED) is 0.604. The van der Waals surface area contributed by atoms with Crippen molar-refractivity contribution in [1.29, 1.82) is 0 Å². The molecule has 1 aromatic rings. The molecular weight excluding hydrogens is 226 g/mol. The Kier molecular flexibility index (Phi) is 4.29. The van der Waals surface area contributed by atoms with Gasteiger partial charge in [0.05, 0.1) is 0 Å². The van der Waals surface area contributed by atoms with Gasteiger partial charge in [-0.15, -0.1) is 0 Å². The summed E-state index contributed by atoms with van der Waals surface area (Å²) in [5.74, 6) is 0.0702. The number of likely N-dealkylation sites (tertiary alicyclic amines) is 1. The summed E-state index contributed by atoms with van der Waals surface area (Å²) in [6.07, 6.45) is 7.20. The smallest absolute Gasteiger partial charge is 0.254 e. The molecule has 1 saturated heterocycles. The minimum atomic E-state index is 0.0702. The van der Waals surface area contributed by atoms with Crippen molar-refractivity contribution >= 4 is 18.3 Å². The topological polar surface area (TPSA) is 37.4 Å². The second-order valence-electron chi connectivity index (χ2n) is 4.44. The van der Waals surface area contributed by atoms with E-state index >= 15 is 0 Å². The molecule has 1 fully saturated rings. The summed E-state index contributed by atoms with van der Waals surface area (Å²) in [6, 6.07) is 7.41. The van der Waals surface area contributed by atoms with Crippen LogP contribution in [0, 0.1) is 0 Å². The van der Waals surface area contributed by atoms with Gasteiger partial charge in [0.25, 0.3) is 5.91 Å². The molecule has 0 unspecified atom stereocenters. The number of hydrogen-bond donors (Lipinski definition) is 0. The summed E-state index contributed by atoms with van der Waals surface area (Å²) in [5, 5.41) is 0. The van der Waals surface area contributed by atoms with E-state index in [-0.39, 0.29) is 5.91 Å². The minimum absolute atomic E-state index is 0.0702. The summed E-state index contributed by atoms with van der Waals surface area (Å²) in [6.45, 7) is 1.68. The van der Waals surface area contributed by atoms with E-state index in [0.29, 0.717) is 5.56 Å². The van der Waals surface area contributed by atoms with Gasteiger partial charge in [0, 0.05) is 18.7 Å². The van der Waals surface area contributed by atoms with Crippen molar-refractivity contribution in [2.75, 3.05) is 13.1 Å². The van der Waals surface area contributed by atoms with E-state index in [1.54, 1.807) is 6.08 Å². The fraction of sp³-hybridized carbons (Fsp3) is 0.333. The van der Waals surface area contributed by atoms with Gasteiger partial charge in [0.1, 0.15) is 6.29 Å². The van der Waals surface area contributed by atoms with Gasteiger partial charge in [0.2, 0.25) is 0 Å². The van der Waals surface area contributed by atoms with Crippen LogP contribution in [0.25, 0.3) is 6.08 Å². The summed E-state index contributed by atoms with van der Waals surface area (Å²) < 4.78 is 0. The standard InChI is InChI=1S/C15H17NO2/c17-12-6-8-13-7-2-3-9-14(13)15(18)16-10-4-1-5-11-16/h2-3,6-9,12H,1,4-5,10-11H2/b8-6+. The maximum Gasteiger partial charge on any atom is 0.254 e. The number of allylic oxidation sites excluding steroid dienone is 1. The lowest BCUT2D eigenvalue weighted by atomic mass is 10.0. The van der Waals surface area contributed by atoms with Gasteiger partial charge >= 0.3 is 0 Å². The second-order valence-corrected chi connectivity index (χ2v) is 4.44. The molecule has 2 rings (SSSR count). The van der Waals surface area contributed by atoms with Crippen molar-refractivity contribution in [2.24, 2.45) is 0 Å². The first-order valence-corrected chi connectivity index (χ1v) is 6.33. The predicted octanol–water partition coefficient (Wildman–Crippen LogP) is 2.52. The molecule has 1 amide bonds. The van der Waals surface area contributed by atoms with E-state index in [1.165, 1.54) is 12.5 Å². The monoisotopic (exact) mass is 243 g/mol. The molecule has 3 nitrogen and oxygen atoms in total. The zero-order chi connectivity index (χ0) is 12.8. The fourth-order valence-electron chi connectivity index (χ4n) is 2.25. The van der Waals surface area contributed by atoms with Crippen LogP contribution in [0.2, 0.25) is 0 Å². The van der Waals surface area contributed by atoms with Crippen LogP contribution in [0.3, 0.4) is 0 Å². The molecular formula is C15H17NO2. The van der Waals surface area contributed by atoms with Crippen molar-refractivity contribution in [3.63, 3.8) is 0 Å². The molecule has 0 bridgehead atoms. The largest absolute Gasteiger partial charge is 0.339 e. The fourth-order valence-corrected chi connectivity index (χ4v) is 2.25. The normalized spacial score (nSPS) is 15.9. The number of rotatable bonds is 3. The van der Waals surface area contributed by atoms with Crippen LogP contribution in [-0.2, 0) is 4.79 Å². The van der Waals surface area contributed by atoms with Gasteiger partial charge in [0.15, 0.2) is 0 Å². The molecule has 1 aromatic carbocycles. The van der Waals surface area contributed by atoms with Crippen molar-refractivity contribution in [2.45, 2.75) is 19.3 Å². The number of nitrogens with zero attached hydrogens (tertiary/aromatic N) is 1. The van der Waals surface area contributed by atoms with E-state index in [9.17, 15) is 9.59 Å². The molecule has 18 heavy (non-hydrogen) atoms. The lowest BCUT2D eigenvalue weighted by molar-refractivity contribution is -0.104. The van der Waals surface area contributed by atoms with Crippen molar-refractivity contribution in [3.8, 4) is 0 Å². The first-order chi connectivity index (χ1) is 8.83. The van der Waals surface area contributed by atoms with Crippen LogP contribution in [0.15, 0.2) is 30.3 Å².